The molecule has 0 radical (unpaired) electrons. The third kappa shape index (κ3) is 2.67. The average molecular weight is 281 g/mol. The molecule has 0 amide bonds. The summed E-state index contributed by atoms with van der Waals surface area (Å²) < 4.78 is 13.0. The van der Waals surface area contributed by atoms with Crippen LogP contribution in [0.25, 0.3) is 22.5 Å². The fraction of sp³-hybridized carbons (Fsp3) is 0. The van der Waals surface area contributed by atoms with Crippen LogP contribution < -0.4 is 5.73 Å². The number of hydrogen-bond donors (Lipinski definition) is 2. The Morgan fingerprint density at radius 2 is 1.57 bits per heavy atom. The summed E-state index contributed by atoms with van der Waals surface area (Å²) in [4.78, 5) is 8.29. The molecular formula is C16H12FN3O. The Morgan fingerprint density at radius 3 is 2.29 bits per heavy atom. The monoisotopic (exact) mass is 281 g/mol. The van der Waals surface area contributed by atoms with Crippen LogP contribution in [0.2, 0.25) is 0 Å². The zero-order chi connectivity index (χ0) is 14.8. The van der Waals surface area contributed by atoms with E-state index in [1.165, 1.54) is 12.1 Å². The van der Waals surface area contributed by atoms with E-state index in [0.717, 1.165) is 5.56 Å². The number of nitrogens with two attached hydrogens (primary N) is 1. The minimum atomic E-state index is -0.318. The van der Waals surface area contributed by atoms with Gasteiger partial charge in [-0.1, -0.05) is 12.1 Å². The minimum absolute atomic E-state index is 0.0927. The van der Waals surface area contributed by atoms with Gasteiger partial charge in [0.2, 0.25) is 5.95 Å². The number of nitrogens with zero attached hydrogens (tertiary/aromatic N) is 2. The SMILES string of the molecule is Nc1nc(-c2ccc(F)cc2)cc(-c2ccccc2O)n1. The van der Waals surface area contributed by atoms with E-state index in [1.807, 2.05) is 0 Å². The first-order chi connectivity index (χ1) is 10.1. The molecule has 0 aliphatic carbocycles. The molecule has 1 aromatic heterocycles. The van der Waals surface area contributed by atoms with E-state index in [-0.39, 0.29) is 17.5 Å². The lowest BCUT2D eigenvalue weighted by molar-refractivity contribution is 0.477. The van der Waals surface area contributed by atoms with Crippen molar-refractivity contribution in [3.8, 4) is 28.3 Å². The van der Waals surface area contributed by atoms with Gasteiger partial charge in [-0.25, -0.2) is 14.4 Å². The number of aromatic hydroxyl groups is 1. The Bertz CT molecular complexity index is 788. The van der Waals surface area contributed by atoms with Crippen molar-refractivity contribution >= 4 is 5.95 Å². The maximum absolute atomic E-state index is 13.0. The van der Waals surface area contributed by atoms with Crippen molar-refractivity contribution in [2.75, 3.05) is 5.73 Å². The van der Waals surface area contributed by atoms with E-state index < -0.39 is 0 Å². The molecule has 0 atom stereocenters. The van der Waals surface area contributed by atoms with Crippen molar-refractivity contribution in [1.29, 1.82) is 0 Å². The van der Waals surface area contributed by atoms with Gasteiger partial charge < -0.3 is 10.8 Å². The highest BCUT2D eigenvalue weighted by atomic mass is 19.1. The molecule has 3 aromatic rings. The summed E-state index contributed by atoms with van der Waals surface area (Å²) in [7, 11) is 0. The maximum atomic E-state index is 13.0. The van der Waals surface area contributed by atoms with Gasteiger partial charge >= 0.3 is 0 Å². The molecule has 104 valence electrons. The number of rotatable bonds is 2. The first-order valence-electron chi connectivity index (χ1n) is 6.32. The van der Waals surface area contributed by atoms with Crippen LogP contribution in [0.5, 0.6) is 5.75 Å². The highest BCUT2D eigenvalue weighted by molar-refractivity contribution is 5.72. The summed E-state index contributed by atoms with van der Waals surface area (Å²) in [6, 6.07) is 14.5. The first kappa shape index (κ1) is 13.1. The molecule has 0 fully saturated rings. The van der Waals surface area contributed by atoms with Crippen LogP contribution >= 0.6 is 0 Å². The van der Waals surface area contributed by atoms with Crippen molar-refractivity contribution in [2.24, 2.45) is 0 Å². The Labute approximate surface area is 120 Å². The molecule has 4 nitrogen and oxygen atoms in total. The highest BCUT2D eigenvalue weighted by Crippen LogP contribution is 2.30. The van der Waals surface area contributed by atoms with Gasteiger partial charge in [0.25, 0.3) is 0 Å². The van der Waals surface area contributed by atoms with Gasteiger partial charge in [0.1, 0.15) is 11.6 Å². The molecule has 0 aliphatic heterocycles. The number of anilines is 1. The van der Waals surface area contributed by atoms with E-state index in [4.69, 9.17) is 5.73 Å². The van der Waals surface area contributed by atoms with E-state index in [1.54, 1.807) is 42.5 Å². The van der Waals surface area contributed by atoms with Gasteiger partial charge in [0.05, 0.1) is 11.4 Å². The van der Waals surface area contributed by atoms with Crippen molar-refractivity contribution in [3.05, 3.63) is 60.4 Å². The van der Waals surface area contributed by atoms with Crippen LogP contribution in [-0.2, 0) is 0 Å². The lowest BCUT2D eigenvalue weighted by atomic mass is 10.1. The Hall–Kier alpha value is -2.95. The molecule has 0 spiro atoms. The standard InChI is InChI=1S/C16H12FN3O/c17-11-7-5-10(6-8-11)13-9-14(20-16(18)19-13)12-3-1-2-4-15(12)21/h1-9,21H,(H2,18,19,20). The molecule has 0 aliphatic rings. The Balaban J connectivity index is 2.13. The fourth-order valence-corrected chi connectivity index (χ4v) is 2.06. The summed E-state index contributed by atoms with van der Waals surface area (Å²) in [5.41, 5.74) is 8.11. The van der Waals surface area contributed by atoms with Gasteiger partial charge in [-0.05, 0) is 42.5 Å². The van der Waals surface area contributed by atoms with Gasteiger partial charge in [0, 0.05) is 11.1 Å². The summed E-state index contributed by atoms with van der Waals surface area (Å²) in [6.45, 7) is 0. The second-order valence-corrected chi connectivity index (χ2v) is 4.52. The lowest BCUT2D eigenvalue weighted by Gasteiger charge is -2.07. The van der Waals surface area contributed by atoms with Crippen molar-refractivity contribution in [1.82, 2.24) is 9.97 Å². The second kappa shape index (κ2) is 5.20. The molecule has 0 unspecified atom stereocenters. The zero-order valence-electron chi connectivity index (χ0n) is 11.0. The zero-order valence-corrected chi connectivity index (χ0v) is 11.0. The number of hydrogen-bond acceptors (Lipinski definition) is 4. The number of phenolic OH excluding ortho intramolecular Hbond substituents is 1. The average Bonchev–Trinajstić information content (AvgIpc) is 2.48. The third-order valence-corrected chi connectivity index (χ3v) is 3.06. The number of phenols is 1. The van der Waals surface area contributed by atoms with Crippen LogP contribution in [0.1, 0.15) is 0 Å². The smallest absolute Gasteiger partial charge is 0.221 e. The maximum Gasteiger partial charge on any atom is 0.221 e. The predicted octanol–water partition coefficient (Wildman–Crippen LogP) is 3.24. The molecule has 5 heteroatoms. The molecule has 21 heavy (non-hydrogen) atoms. The van der Waals surface area contributed by atoms with Crippen molar-refractivity contribution in [2.45, 2.75) is 0 Å². The van der Waals surface area contributed by atoms with Gasteiger partial charge in [-0.3, -0.25) is 0 Å². The van der Waals surface area contributed by atoms with E-state index >= 15 is 0 Å². The normalized spacial score (nSPS) is 10.5. The molecule has 3 N–H and O–H groups in total. The topological polar surface area (TPSA) is 72.0 Å². The van der Waals surface area contributed by atoms with Gasteiger partial charge in [0.15, 0.2) is 0 Å². The minimum Gasteiger partial charge on any atom is -0.507 e. The third-order valence-electron chi connectivity index (χ3n) is 3.06. The number of para-hydroxylation sites is 1. The van der Waals surface area contributed by atoms with E-state index in [2.05, 4.69) is 9.97 Å². The van der Waals surface area contributed by atoms with Crippen LogP contribution in [-0.4, -0.2) is 15.1 Å². The lowest BCUT2D eigenvalue weighted by Crippen LogP contribution is -1.98. The van der Waals surface area contributed by atoms with E-state index in [9.17, 15) is 9.50 Å². The summed E-state index contributed by atoms with van der Waals surface area (Å²) in [6.07, 6.45) is 0. The van der Waals surface area contributed by atoms with Gasteiger partial charge in [-0.15, -0.1) is 0 Å². The number of benzene rings is 2. The van der Waals surface area contributed by atoms with E-state index in [0.29, 0.717) is 17.0 Å². The van der Waals surface area contributed by atoms with Crippen LogP contribution in [0.15, 0.2) is 54.6 Å². The molecule has 0 bridgehead atoms. The Morgan fingerprint density at radius 1 is 0.905 bits per heavy atom. The van der Waals surface area contributed by atoms with Crippen LogP contribution in [0.4, 0.5) is 10.3 Å². The molecule has 0 saturated heterocycles. The highest BCUT2D eigenvalue weighted by Gasteiger charge is 2.10. The predicted molar refractivity (Wildman–Crippen MR) is 78.9 cm³/mol. The quantitative estimate of drug-likeness (QED) is 0.756. The van der Waals surface area contributed by atoms with Crippen molar-refractivity contribution < 1.29 is 9.50 Å². The summed E-state index contributed by atoms with van der Waals surface area (Å²) in [5.74, 6) is -0.113. The first-order valence-corrected chi connectivity index (χ1v) is 6.32. The molecule has 1 heterocycles. The van der Waals surface area contributed by atoms with Crippen LogP contribution in [0, 0.1) is 5.82 Å². The van der Waals surface area contributed by atoms with Gasteiger partial charge in [-0.2, -0.15) is 0 Å². The molecule has 0 saturated carbocycles. The van der Waals surface area contributed by atoms with Crippen molar-refractivity contribution in [3.63, 3.8) is 0 Å². The Kier molecular flexibility index (Phi) is 3.23. The molecule has 2 aromatic carbocycles. The number of halogens is 1. The second-order valence-electron chi connectivity index (χ2n) is 4.52. The summed E-state index contributed by atoms with van der Waals surface area (Å²) >= 11 is 0. The number of nitrogen functional groups attached to an aromatic ring is 1. The molecular weight excluding hydrogens is 269 g/mol. The van der Waals surface area contributed by atoms with Crippen LogP contribution in [0.3, 0.4) is 0 Å². The summed E-state index contributed by atoms with van der Waals surface area (Å²) in [5, 5.41) is 9.90. The molecule has 3 rings (SSSR count). The fourth-order valence-electron chi connectivity index (χ4n) is 2.06. The largest absolute Gasteiger partial charge is 0.507 e. The number of aromatic nitrogens is 2.